The molecular formula is C16H14FNO3. The van der Waals surface area contributed by atoms with Crippen LogP contribution in [0.4, 0.5) is 4.39 Å². The van der Waals surface area contributed by atoms with Crippen molar-refractivity contribution in [1.82, 2.24) is 4.57 Å². The van der Waals surface area contributed by atoms with Crippen molar-refractivity contribution in [1.29, 1.82) is 0 Å². The lowest BCUT2D eigenvalue weighted by molar-refractivity contribution is 0.219. The molecule has 21 heavy (non-hydrogen) atoms. The van der Waals surface area contributed by atoms with E-state index in [0.29, 0.717) is 22.2 Å². The summed E-state index contributed by atoms with van der Waals surface area (Å²) in [6.07, 6.45) is -0.977. The Balaban J connectivity index is 2.08. The normalized spacial score (nSPS) is 12.8. The lowest BCUT2D eigenvalue weighted by Gasteiger charge is -2.12. The summed E-state index contributed by atoms with van der Waals surface area (Å²) < 4.78 is 19.9. The predicted molar refractivity (Wildman–Crippen MR) is 76.7 cm³/mol. The molecule has 3 aromatic rings. The highest BCUT2D eigenvalue weighted by molar-refractivity contribution is 5.74. The number of rotatable bonds is 2. The quantitative estimate of drug-likeness (QED) is 0.788. The number of nitrogens with zero attached hydrogens (tertiary/aromatic N) is 1. The number of aliphatic hydroxyl groups excluding tert-OH is 1. The fourth-order valence-electron chi connectivity index (χ4n) is 2.44. The van der Waals surface area contributed by atoms with Crippen LogP contribution in [0.1, 0.15) is 22.8 Å². The summed E-state index contributed by atoms with van der Waals surface area (Å²) in [6.45, 7) is 1.76. The van der Waals surface area contributed by atoms with Gasteiger partial charge in [-0.05, 0) is 47.9 Å². The Bertz CT molecular complexity index is 859. The molecule has 0 aliphatic carbocycles. The van der Waals surface area contributed by atoms with Gasteiger partial charge in [0.2, 0.25) is 0 Å². The number of aromatic nitrogens is 1. The van der Waals surface area contributed by atoms with E-state index in [0.717, 1.165) is 5.56 Å². The first-order valence-corrected chi connectivity index (χ1v) is 6.50. The second-order valence-electron chi connectivity index (χ2n) is 5.12. The average Bonchev–Trinajstić information content (AvgIpc) is 2.71. The van der Waals surface area contributed by atoms with E-state index in [1.807, 2.05) is 0 Å². The van der Waals surface area contributed by atoms with Crippen molar-refractivity contribution in [3.05, 3.63) is 69.5 Å². The van der Waals surface area contributed by atoms with E-state index in [1.165, 1.54) is 16.7 Å². The van der Waals surface area contributed by atoms with Gasteiger partial charge in [-0.2, -0.15) is 0 Å². The molecule has 3 rings (SSSR count). The third kappa shape index (κ3) is 2.36. The second-order valence-corrected chi connectivity index (χ2v) is 5.12. The first kappa shape index (κ1) is 13.6. The Kier molecular flexibility index (Phi) is 3.14. The van der Waals surface area contributed by atoms with E-state index in [4.69, 9.17) is 4.42 Å². The zero-order valence-electron chi connectivity index (χ0n) is 11.6. The number of benzene rings is 2. The highest BCUT2D eigenvalue weighted by atomic mass is 19.1. The van der Waals surface area contributed by atoms with Crippen LogP contribution in [0.25, 0.3) is 11.1 Å². The molecule has 0 bridgehead atoms. The van der Waals surface area contributed by atoms with Gasteiger partial charge in [0.1, 0.15) is 11.9 Å². The predicted octanol–water partition coefficient (Wildman–Crippen LogP) is 2.66. The number of hydrogen-bond acceptors (Lipinski definition) is 3. The van der Waals surface area contributed by atoms with Crippen LogP contribution in [0, 0.1) is 12.7 Å². The van der Waals surface area contributed by atoms with Crippen LogP contribution in [0.5, 0.6) is 0 Å². The molecular weight excluding hydrogens is 273 g/mol. The van der Waals surface area contributed by atoms with Crippen molar-refractivity contribution in [2.45, 2.75) is 13.0 Å². The minimum absolute atomic E-state index is 0.392. The monoisotopic (exact) mass is 287 g/mol. The molecule has 0 saturated heterocycles. The fourth-order valence-corrected chi connectivity index (χ4v) is 2.44. The van der Waals surface area contributed by atoms with Gasteiger partial charge in [-0.3, -0.25) is 4.57 Å². The smallest absolute Gasteiger partial charge is 0.408 e. The molecule has 108 valence electrons. The molecule has 0 spiro atoms. The molecule has 0 aliphatic heterocycles. The first-order chi connectivity index (χ1) is 9.95. The van der Waals surface area contributed by atoms with Crippen LogP contribution >= 0.6 is 0 Å². The van der Waals surface area contributed by atoms with Crippen LogP contribution in [0.3, 0.4) is 0 Å². The fraction of sp³-hybridized carbons (Fsp3) is 0.188. The molecule has 5 heteroatoms. The molecule has 0 saturated carbocycles. The Morgan fingerprint density at radius 2 is 1.95 bits per heavy atom. The zero-order valence-corrected chi connectivity index (χ0v) is 11.6. The molecule has 2 aromatic carbocycles. The van der Waals surface area contributed by atoms with Gasteiger partial charge in [-0.25, -0.2) is 9.18 Å². The molecule has 1 N–H and O–H groups in total. The van der Waals surface area contributed by atoms with E-state index in [9.17, 15) is 14.3 Å². The van der Waals surface area contributed by atoms with Crippen LogP contribution in [-0.2, 0) is 7.05 Å². The molecule has 4 nitrogen and oxygen atoms in total. The van der Waals surface area contributed by atoms with Crippen molar-refractivity contribution in [3.63, 3.8) is 0 Å². The summed E-state index contributed by atoms with van der Waals surface area (Å²) in [7, 11) is 1.61. The Labute approximate surface area is 120 Å². The van der Waals surface area contributed by atoms with Crippen LogP contribution in [0.15, 0.2) is 45.6 Å². The summed E-state index contributed by atoms with van der Waals surface area (Å²) in [6, 6.07) is 9.41. The van der Waals surface area contributed by atoms with Crippen LogP contribution < -0.4 is 5.76 Å². The van der Waals surface area contributed by atoms with E-state index in [1.54, 1.807) is 38.2 Å². The van der Waals surface area contributed by atoms with Crippen LogP contribution in [0.2, 0.25) is 0 Å². The van der Waals surface area contributed by atoms with E-state index >= 15 is 0 Å². The van der Waals surface area contributed by atoms with Crippen molar-refractivity contribution in [2.24, 2.45) is 7.05 Å². The maximum absolute atomic E-state index is 13.4. The zero-order chi connectivity index (χ0) is 15.1. The number of aryl methyl sites for hydroxylation is 2. The number of oxazole rings is 1. The SMILES string of the molecule is Cc1cc(F)cc(C(O)c2ccc3c(c2)oc(=O)n3C)c1. The van der Waals surface area contributed by atoms with Crippen molar-refractivity contribution in [2.75, 3.05) is 0 Å². The minimum atomic E-state index is -0.977. The number of aliphatic hydroxyl groups is 1. The third-order valence-electron chi connectivity index (χ3n) is 3.51. The molecule has 0 amide bonds. The number of hydrogen-bond donors (Lipinski definition) is 1. The van der Waals surface area contributed by atoms with Gasteiger partial charge in [-0.15, -0.1) is 0 Å². The maximum atomic E-state index is 13.4. The Morgan fingerprint density at radius 1 is 1.19 bits per heavy atom. The second kappa shape index (κ2) is 4.86. The van der Waals surface area contributed by atoms with E-state index in [-0.39, 0.29) is 0 Å². The van der Waals surface area contributed by atoms with Gasteiger partial charge in [0.05, 0.1) is 5.52 Å². The van der Waals surface area contributed by atoms with Gasteiger partial charge in [-0.1, -0.05) is 12.1 Å². The first-order valence-electron chi connectivity index (χ1n) is 6.50. The Morgan fingerprint density at radius 3 is 2.67 bits per heavy atom. The van der Waals surface area contributed by atoms with Crippen molar-refractivity contribution < 1.29 is 13.9 Å². The molecule has 1 heterocycles. The van der Waals surface area contributed by atoms with Gasteiger partial charge < -0.3 is 9.52 Å². The molecule has 1 aromatic heterocycles. The van der Waals surface area contributed by atoms with Crippen molar-refractivity contribution >= 4 is 11.1 Å². The van der Waals surface area contributed by atoms with Gasteiger partial charge in [0, 0.05) is 7.05 Å². The molecule has 0 aliphatic rings. The summed E-state index contributed by atoms with van der Waals surface area (Å²) in [5, 5.41) is 10.4. The summed E-state index contributed by atoms with van der Waals surface area (Å²) in [4.78, 5) is 11.5. The molecule has 0 fully saturated rings. The van der Waals surface area contributed by atoms with E-state index in [2.05, 4.69) is 0 Å². The summed E-state index contributed by atoms with van der Waals surface area (Å²) in [5.41, 5.74) is 2.78. The van der Waals surface area contributed by atoms with Gasteiger partial charge in [0.15, 0.2) is 5.58 Å². The lowest BCUT2D eigenvalue weighted by atomic mass is 9.99. The highest BCUT2D eigenvalue weighted by Gasteiger charge is 2.14. The third-order valence-corrected chi connectivity index (χ3v) is 3.51. The van der Waals surface area contributed by atoms with Gasteiger partial charge in [0.25, 0.3) is 0 Å². The number of fused-ring (bicyclic) bond motifs is 1. The highest BCUT2D eigenvalue weighted by Crippen LogP contribution is 2.26. The lowest BCUT2D eigenvalue weighted by Crippen LogP contribution is -2.08. The average molecular weight is 287 g/mol. The molecule has 1 unspecified atom stereocenters. The minimum Gasteiger partial charge on any atom is -0.408 e. The maximum Gasteiger partial charge on any atom is 0.419 e. The summed E-state index contributed by atoms with van der Waals surface area (Å²) >= 11 is 0. The molecule has 1 atom stereocenters. The van der Waals surface area contributed by atoms with Gasteiger partial charge >= 0.3 is 5.76 Å². The largest absolute Gasteiger partial charge is 0.419 e. The standard InChI is InChI=1S/C16H14FNO3/c1-9-5-11(7-12(17)6-9)15(19)10-3-4-13-14(8-10)21-16(20)18(13)2/h3-8,15,19H,1-2H3. The topological polar surface area (TPSA) is 55.4 Å². The van der Waals surface area contributed by atoms with E-state index < -0.39 is 17.7 Å². The van der Waals surface area contributed by atoms with Crippen LogP contribution in [-0.4, -0.2) is 9.67 Å². The van der Waals surface area contributed by atoms with Crippen molar-refractivity contribution in [3.8, 4) is 0 Å². The Hall–Kier alpha value is -2.40. The summed E-state index contributed by atoms with van der Waals surface area (Å²) in [5.74, 6) is -0.852. The molecule has 0 radical (unpaired) electrons. The number of halogens is 1.